The second-order valence-corrected chi connectivity index (χ2v) is 3.52. The summed E-state index contributed by atoms with van der Waals surface area (Å²) in [5.74, 6) is 0. The normalized spacial score (nSPS) is 10.1. The molecule has 0 rings (SSSR count). The van der Waals surface area contributed by atoms with Gasteiger partial charge < -0.3 is 15.2 Å². The molecule has 1 unspecified atom stereocenters. The molecule has 0 aliphatic heterocycles. The summed E-state index contributed by atoms with van der Waals surface area (Å²) < 4.78 is 3.67. The molecule has 0 radical (unpaired) electrons. The van der Waals surface area contributed by atoms with Crippen LogP contribution in [0, 0.1) is 0 Å². The van der Waals surface area contributed by atoms with Gasteiger partial charge >= 0.3 is 6.16 Å². The Morgan fingerprint density at radius 3 is 2.19 bits per heavy atom. The lowest BCUT2D eigenvalue weighted by molar-refractivity contribution is 0.114. The summed E-state index contributed by atoms with van der Waals surface area (Å²) in [6, 6.07) is 0.649. The van der Waals surface area contributed by atoms with Crippen LogP contribution in [-0.2, 0) is 4.74 Å². The zero-order chi connectivity index (χ0) is 12.3. The van der Waals surface area contributed by atoms with Crippen LogP contribution >= 0.6 is 12.4 Å². The Morgan fingerprint density at radius 1 is 1.50 bits per heavy atom. The van der Waals surface area contributed by atoms with Crippen LogP contribution in [-0.4, -0.2) is 31.5 Å². The molecule has 0 saturated heterocycles. The molecule has 0 aromatic heterocycles. The summed E-state index contributed by atoms with van der Waals surface area (Å²) in [6.07, 6.45) is 3.48. The predicted molar refractivity (Wildman–Crippen MR) is 69.5 cm³/mol. The van der Waals surface area contributed by atoms with E-state index in [1.54, 1.807) is 0 Å². The van der Waals surface area contributed by atoms with Crippen LogP contribution in [0.2, 0.25) is 0 Å². The lowest BCUT2D eigenvalue weighted by Crippen LogP contribution is -2.20. The van der Waals surface area contributed by atoms with Gasteiger partial charge in [0.2, 0.25) is 0 Å². The molecule has 16 heavy (non-hydrogen) atoms. The molecule has 1 atom stereocenters. The predicted octanol–water partition coefficient (Wildman–Crippen LogP) is 3.07. The van der Waals surface area contributed by atoms with Gasteiger partial charge in [-0.1, -0.05) is 11.6 Å². The van der Waals surface area contributed by atoms with Crippen molar-refractivity contribution in [2.45, 2.75) is 39.7 Å². The molecule has 0 aromatic carbocycles. The highest BCUT2D eigenvalue weighted by molar-refractivity contribution is 5.85. The lowest BCUT2D eigenvalue weighted by atomic mass is 10.1. The van der Waals surface area contributed by atoms with Crippen LogP contribution in [0.15, 0.2) is 11.6 Å². The molecule has 5 heteroatoms. The molecule has 0 amide bonds. The number of nitrogens with one attached hydrogen (secondary N) is 1. The second kappa shape index (κ2) is 14.3. The van der Waals surface area contributed by atoms with E-state index in [0.29, 0.717) is 6.04 Å². The molecule has 0 bridgehead atoms. The van der Waals surface area contributed by atoms with Gasteiger partial charge in [0.15, 0.2) is 0 Å². The average molecular weight is 254 g/mol. The first kappa shape index (κ1) is 20.6. The van der Waals surface area contributed by atoms with Gasteiger partial charge in [0, 0.05) is 6.04 Å². The molecule has 0 fully saturated rings. The van der Waals surface area contributed by atoms with E-state index in [1.165, 1.54) is 18.4 Å². The minimum atomic E-state index is -1.25. The van der Waals surface area contributed by atoms with E-state index in [9.17, 15) is 0 Å². The van der Waals surface area contributed by atoms with Crippen molar-refractivity contribution in [3.63, 3.8) is 0 Å². The van der Waals surface area contributed by atoms with Crippen LogP contribution < -0.4 is 5.32 Å². The molecule has 0 aliphatic carbocycles. The maximum atomic E-state index is 9.15. The van der Waals surface area contributed by atoms with Crippen LogP contribution in [0.25, 0.3) is 0 Å². The van der Waals surface area contributed by atoms with Crippen LogP contribution in [0.3, 0.4) is 0 Å². The van der Waals surface area contributed by atoms with Crippen molar-refractivity contribution >= 4 is 18.6 Å². The average Bonchev–Trinajstić information content (AvgIpc) is 2.17. The Morgan fingerprint density at radius 2 is 1.94 bits per heavy atom. The number of allylic oxidation sites excluding steroid dienone is 2. The van der Waals surface area contributed by atoms with Gasteiger partial charge in [0.1, 0.15) is 0 Å². The minimum Gasteiger partial charge on any atom is -0.450 e. The maximum absolute atomic E-state index is 9.15. The number of carbonyl (C=O) groups is 1. The first-order chi connectivity index (χ1) is 6.93. The van der Waals surface area contributed by atoms with Crippen molar-refractivity contribution in [2.75, 3.05) is 14.2 Å². The standard InChI is InChI=1S/C9H19N.C2H4O3.ClH/c1-8(2)6-5-7-9(3)10-4;1-5-2(3)4;/h6,9-10H,5,7H2,1-4H3;1H3,(H,3,4);1H. The van der Waals surface area contributed by atoms with E-state index in [-0.39, 0.29) is 12.4 Å². The summed E-state index contributed by atoms with van der Waals surface area (Å²) in [6.45, 7) is 6.49. The van der Waals surface area contributed by atoms with Gasteiger partial charge in [-0.25, -0.2) is 4.79 Å². The number of rotatable bonds is 4. The first-order valence-corrected chi connectivity index (χ1v) is 5.01. The highest BCUT2D eigenvalue weighted by Gasteiger charge is 1.93. The summed E-state index contributed by atoms with van der Waals surface area (Å²) in [5, 5.41) is 10.7. The van der Waals surface area contributed by atoms with E-state index in [4.69, 9.17) is 9.90 Å². The fourth-order valence-electron chi connectivity index (χ4n) is 0.766. The van der Waals surface area contributed by atoms with Gasteiger partial charge in [-0.2, -0.15) is 0 Å². The third-order valence-electron chi connectivity index (χ3n) is 1.82. The van der Waals surface area contributed by atoms with Crippen LogP contribution in [0.4, 0.5) is 4.79 Å². The highest BCUT2D eigenvalue weighted by atomic mass is 35.5. The van der Waals surface area contributed by atoms with Crippen LogP contribution in [0.5, 0.6) is 0 Å². The third-order valence-corrected chi connectivity index (χ3v) is 1.82. The molecule has 4 nitrogen and oxygen atoms in total. The maximum Gasteiger partial charge on any atom is 0.505 e. The topological polar surface area (TPSA) is 58.6 Å². The Hall–Kier alpha value is -0.740. The largest absolute Gasteiger partial charge is 0.505 e. The number of ether oxygens (including phenoxy) is 1. The third kappa shape index (κ3) is 23.2. The van der Waals surface area contributed by atoms with Crippen molar-refractivity contribution < 1.29 is 14.6 Å². The molecule has 0 aromatic rings. The van der Waals surface area contributed by atoms with Crippen molar-refractivity contribution in [1.82, 2.24) is 5.32 Å². The van der Waals surface area contributed by atoms with Gasteiger partial charge in [-0.05, 0) is 40.7 Å². The fraction of sp³-hybridized carbons (Fsp3) is 0.727. The number of methoxy groups -OCH3 is 1. The van der Waals surface area contributed by atoms with Gasteiger partial charge in [-0.3, -0.25) is 0 Å². The fourth-order valence-corrected chi connectivity index (χ4v) is 0.766. The van der Waals surface area contributed by atoms with Crippen molar-refractivity contribution in [1.29, 1.82) is 0 Å². The lowest BCUT2D eigenvalue weighted by Gasteiger charge is -2.06. The Balaban J connectivity index is -0.000000242. The molecule has 0 heterocycles. The number of halogens is 1. The molecular weight excluding hydrogens is 230 g/mol. The van der Waals surface area contributed by atoms with Gasteiger partial charge in [-0.15, -0.1) is 12.4 Å². The summed E-state index contributed by atoms with van der Waals surface area (Å²) >= 11 is 0. The molecule has 0 saturated carbocycles. The Labute approximate surface area is 104 Å². The van der Waals surface area contributed by atoms with Crippen molar-refractivity contribution in [2.24, 2.45) is 0 Å². The van der Waals surface area contributed by atoms with E-state index in [2.05, 4.69) is 36.9 Å². The SMILES string of the molecule is CNC(C)CCC=C(C)C.COC(=O)O.Cl. The highest BCUT2D eigenvalue weighted by Crippen LogP contribution is 1.99. The molecule has 2 N–H and O–H groups in total. The monoisotopic (exact) mass is 253 g/mol. The zero-order valence-electron chi connectivity index (χ0n) is 10.7. The quantitative estimate of drug-likeness (QED) is 0.597. The first-order valence-electron chi connectivity index (χ1n) is 5.01. The molecular formula is C11H24ClNO3. The Bertz CT molecular complexity index is 192. The van der Waals surface area contributed by atoms with E-state index < -0.39 is 6.16 Å². The molecule has 98 valence electrons. The van der Waals surface area contributed by atoms with Gasteiger partial charge in [0.25, 0.3) is 0 Å². The van der Waals surface area contributed by atoms with E-state index in [0.717, 1.165) is 7.11 Å². The second-order valence-electron chi connectivity index (χ2n) is 3.52. The molecule has 0 aliphatic rings. The molecule has 0 spiro atoms. The summed E-state index contributed by atoms with van der Waals surface area (Å²) in [5.41, 5.74) is 1.42. The number of hydrogen-bond acceptors (Lipinski definition) is 3. The number of hydrogen-bond donors (Lipinski definition) is 2. The Kier molecular flexibility index (Phi) is 18.4. The van der Waals surface area contributed by atoms with E-state index in [1.807, 2.05) is 7.05 Å². The smallest absolute Gasteiger partial charge is 0.450 e. The number of carboxylic acid groups (broad SMARTS) is 1. The van der Waals surface area contributed by atoms with Crippen molar-refractivity contribution in [3.05, 3.63) is 11.6 Å². The summed E-state index contributed by atoms with van der Waals surface area (Å²) in [7, 11) is 3.11. The zero-order valence-corrected chi connectivity index (χ0v) is 11.6. The summed E-state index contributed by atoms with van der Waals surface area (Å²) in [4.78, 5) is 9.15. The van der Waals surface area contributed by atoms with Gasteiger partial charge in [0.05, 0.1) is 7.11 Å². The van der Waals surface area contributed by atoms with Crippen LogP contribution in [0.1, 0.15) is 33.6 Å². The van der Waals surface area contributed by atoms with E-state index >= 15 is 0 Å². The minimum absolute atomic E-state index is 0. The van der Waals surface area contributed by atoms with Crippen molar-refractivity contribution in [3.8, 4) is 0 Å².